The van der Waals surface area contributed by atoms with Gasteiger partial charge in [-0.3, -0.25) is 4.79 Å². The minimum atomic E-state index is -3.22. The van der Waals surface area contributed by atoms with Gasteiger partial charge in [0, 0.05) is 37.3 Å². The number of primary amides is 1. The number of nitrogens with two attached hydrogens (primary N) is 1. The van der Waals surface area contributed by atoms with Crippen LogP contribution in [0.5, 0.6) is 0 Å². The lowest BCUT2D eigenvalue weighted by atomic mass is 9.88. The van der Waals surface area contributed by atoms with Crippen LogP contribution in [0.2, 0.25) is 0 Å². The minimum absolute atomic E-state index is 0.0949. The number of nitrogens with one attached hydrogen (secondary N) is 2. The number of aromatic amines is 1. The fourth-order valence-corrected chi connectivity index (χ4v) is 6.15. The molecule has 2 aromatic carbocycles. The molecule has 37 heavy (non-hydrogen) atoms. The summed E-state index contributed by atoms with van der Waals surface area (Å²) in [5, 5.41) is 4.30. The number of benzene rings is 2. The van der Waals surface area contributed by atoms with Gasteiger partial charge in [0.2, 0.25) is 10.0 Å². The van der Waals surface area contributed by atoms with Crippen molar-refractivity contribution in [3.05, 3.63) is 59.0 Å². The zero-order valence-electron chi connectivity index (χ0n) is 22.0. The highest BCUT2D eigenvalue weighted by Crippen LogP contribution is 2.37. The Kier molecular flexibility index (Phi) is 8.06. The molecule has 1 amide bonds. The first-order valence-electron chi connectivity index (χ1n) is 13.0. The Morgan fingerprint density at radius 3 is 2.43 bits per heavy atom. The number of carbonyl (C=O) groups excluding carboxylic acids is 1. The number of amides is 1. The van der Waals surface area contributed by atoms with Crippen LogP contribution in [0.4, 0.5) is 4.39 Å². The van der Waals surface area contributed by atoms with Crippen molar-refractivity contribution in [1.29, 1.82) is 0 Å². The molecule has 4 N–H and O–H groups in total. The normalized spacial score (nSPS) is 16.5. The average Bonchev–Trinajstić information content (AvgIpc) is 3.30. The van der Waals surface area contributed by atoms with E-state index in [9.17, 15) is 17.6 Å². The van der Waals surface area contributed by atoms with Crippen molar-refractivity contribution in [1.82, 2.24) is 14.6 Å². The van der Waals surface area contributed by atoms with Crippen LogP contribution in [-0.2, 0) is 16.6 Å². The van der Waals surface area contributed by atoms with Gasteiger partial charge in [-0.05, 0) is 91.1 Å². The van der Waals surface area contributed by atoms with Crippen LogP contribution < -0.4 is 11.1 Å². The molecule has 0 saturated carbocycles. The molecule has 1 aliphatic rings. The second-order valence-corrected chi connectivity index (χ2v) is 12.6. The van der Waals surface area contributed by atoms with Crippen LogP contribution in [-0.4, -0.2) is 48.5 Å². The Bertz CT molecular complexity index is 1390. The van der Waals surface area contributed by atoms with Gasteiger partial charge in [0.1, 0.15) is 5.82 Å². The van der Waals surface area contributed by atoms with Crippen LogP contribution in [0.25, 0.3) is 22.0 Å². The molecule has 1 aromatic heterocycles. The maximum atomic E-state index is 14.7. The van der Waals surface area contributed by atoms with E-state index in [1.807, 2.05) is 18.3 Å². The van der Waals surface area contributed by atoms with E-state index in [0.717, 1.165) is 16.5 Å². The maximum Gasteiger partial charge on any atom is 0.250 e. The fourth-order valence-electron chi connectivity index (χ4n) is 5.01. The topological polar surface area (TPSA) is 108 Å². The van der Waals surface area contributed by atoms with Gasteiger partial charge < -0.3 is 16.0 Å². The van der Waals surface area contributed by atoms with Crippen LogP contribution >= 0.6 is 0 Å². The summed E-state index contributed by atoms with van der Waals surface area (Å²) in [5.74, 6) is -0.219. The number of halogens is 1. The second kappa shape index (κ2) is 10.9. The van der Waals surface area contributed by atoms with Gasteiger partial charge in [0.25, 0.3) is 5.91 Å². The molecule has 200 valence electrons. The molecule has 1 saturated heterocycles. The van der Waals surface area contributed by atoms with Crippen LogP contribution in [0.1, 0.15) is 67.9 Å². The first kappa shape index (κ1) is 27.3. The lowest BCUT2D eigenvalue weighted by Crippen LogP contribution is -2.38. The predicted octanol–water partition coefficient (Wildman–Crippen LogP) is 4.74. The fraction of sp³-hybridized carbons (Fsp3) is 0.464. The molecular weight excluding hydrogens is 491 g/mol. The summed E-state index contributed by atoms with van der Waals surface area (Å²) >= 11 is 0. The molecule has 0 spiro atoms. The number of fused-ring (bicyclic) bond motifs is 1. The van der Waals surface area contributed by atoms with Crippen molar-refractivity contribution < 1.29 is 17.6 Å². The molecule has 0 radical (unpaired) electrons. The quantitative estimate of drug-likeness (QED) is 0.373. The molecule has 2 heterocycles. The highest BCUT2D eigenvalue weighted by molar-refractivity contribution is 7.89. The number of carbonyl (C=O) groups is 1. The third-order valence-electron chi connectivity index (χ3n) is 7.66. The first-order chi connectivity index (χ1) is 17.5. The SMILES string of the molecule is CCS(=O)(=O)N1CCC(c2c[nH]c3c(C(N)=O)cc(-c4cc(F)cc(CN[C@@H](C)C(C)C)c4)cc23)CC1. The van der Waals surface area contributed by atoms with Gasteiger partial charge >= 0.3 is 0 Å². The van der Waals surface area contributed by atoms with Crippen molar-refractivity contribution >= 4 is 26.8 Å². The first-order valence-corrected chi connectivity index (χ1v) is 14.6. The maximum absolute atomic E-state index is 14.7. The molecule has 1 aliphatic heterocycles. The summed E-state index contributed by atoms with van der Waals surface area (Å²) in [7, 11) is -3.22. The predicted molar refractivity (Wildman–Crippen MR) is 146 cm³/mol. The van der Waals surface area contributed by atoms with Gasteiger partial charge in [0.05, 0.1) is 16.8 Å². The highest BCUT2D eigenvalue weighted by Gasteiger charge is 2.29. The van der Waals surface area contributed by atoms with E-state index in [4.69, 9.17) is 5.73 Å². The van der Waals surface area contributed by atoms with E-state index in [0.29, 0.717) is 60.6 Å². The Morgan fingerprint density at radius 2 is 1.81 bits per heavy atom. The van der Waals surface area contributed by atoms with Crippen LogP contribution in [0.15, 0.2) is 36.5 Å². The number of aromatic nitrogens is 1. The molecule has 0 bridgehead atoms. The summed E-state index contributed by atoms with van der Waals surface area (Å²) in [6.07, 6.45) is 3.27. The molecule has 1 atom stereocenters. The zero-order valence-corrected chi connectivity index (χ0v) is 22.8. The van der Waals surface area contributed by atoms with Crippen molar-refractivity contribution in [2.75, 3.05) is 18.8 Å². The summed E-state index contributed by atoms with van der Waals surface area (Å²) in [5.41, 5.74) is 9.98. The summed E-state index contributed by atoms with van der Waals surface area (Å²) < 4.78 is 40.8. The third-order valence-corrected chi connectivity index (χ3v) is 9.54. The number of rotatable bonds is 9. The van der Waals surface area contributed by atoms with Crippen LogP contribution in [0.3, 0.4) is 0 Å². The Balaban J connectivity index is 1.70. The molecule has 0 unspecified atom stereocenters. The second-order valence-electron chi connectivity index (χ2n) is 10.4. The highest BCUT2D eigenvalue weighted by atomic mass is 32.2. The number of hydrogen-bond donors (Lipinski definition) is 3. The zero-order chi connectivity index (χ0) is 26.9. The van der Waals surface area contributed by atoms with E-state index >= 15 is 0 Å². The van der Waals surface area contributed by atoms with Gasteiger partial charge in [-0.1, -0.05) is 13.8 Å². The molecule has 9 heteroatoms. The summed E-state index contributed by atoms with van der Waals surface area (Å²) in [6.45, 7) is 9.49. The van der Waals surface area contributed by atoms with Gasteiger partial charge in [-0.25, -0.2) is 17.1 Å². The molecule has 1 fully saturated rings. The Hall–Kier alpha value is -2.75. The van der Waals surface area contributed by atoms with E-state index in [1.54, 1.807) is 17.3 Å². The number of sulfonamides is 1. The summed E-state index contributed by atoms with van der Waals surface area (Å²) in [6, 6.07) is 8.91. The molecule has 7 nitrogen and oxygen atoms in total. The minimum Gasteiger partial charge on any atom is -0.366 e. The lowest BCUT2D eigenvalue weighted by Gasteiger charge is -2.31. The Labute approximate surface area is 218 Å². The largest absolute Gasteiger partial charge is 0.366 e. The van der Waals surface area contributed by atoms with Crippen molar-refractivity contribution in [2.24, 2.45) is 11.7 Å². The van der Waals surface area contributed by atoms with Gasteiger partial charge in [-0.2, -0.15) is 0 Å². The van der Waals surface area contributed by atoms with E-state index in [-0.39, 0.29) is 23.5 Å². The monoisotopic (exact) mass is 528 g/mol. The van der Waals surface area contributed by atoms with Crippen molar-refractivity contribution in [3.63, 3.8) is 0 Å². The van der Waals surface area contributed by atoms with Gasteiger partial charge in [-0.15, -0.1) is 0 Å². The Morgan fingerprint density at radius 1 is 1.14 bits per heavy atom. The molecule has 0 aliphatic carbocycles. The number of hydrogen-bond acceptors (Lipinski definition) is 4. The molecule has 3 aromatic rings. The van der Waals surface area contributed by atoms with E-state index in [1.165, 1.54) is 12.1 Å². The lowest BCUT2D eigenvalue weighted by molar-refractivity contribution is 0.100. The third kappa shape index (κ3) is 5.89. The number of nitrogens with zero attached hydrogens (tertiary/aromatic N) is 1. The smallest absolute Gasteiger partial charge is 0.250 e. The van der Waals surface area contributed by atoms with Crippen LogP contribution in [0, 0.1) is 11.7 Å². The number of H-pyrrole nitrogens is 1. The van der Waals surface area contributed by atoms with Crippen molar-refractivity contribution in [3.8, 4) is 11.1 Å². The molecular formula is C28H37FN4O3S. The number of piperidine rings is 1. The average molecular weight is 529 g/mol. The standard InChI is InChI=1S/C28H37FN4O3S/c1-5-37(35,36)33-8-6-20(7-9-33)26-16-32-27-24(26)13-22(14-25(27)28(30)34)21-10-19(11-23(29)12-21)15-31-18(4)17(2)3/h10-14,16-18,20,31-32H,5-9,15H2,1-4H3,(H2,30,34)/t18-/m0/s1. The van der Waals surface area contributed by atoms with E-state index < -0.39 is 15.9 Å². The summed E-state index contributed by atoms with van der Waals surface area (Å²) in [4.78, 5) is 15.6. The molecule has 4 rings (SSSR count). The van der Waals surface area contributed by atoms with Gasteiger partial charge in [0.15, 0.2) is 0 Å². The van der Waals surface area contributed by atoms with E-state index in [2.05, 4.69) is 31.1 Å². The van der Waals surface area contributed by atoms with Crippen molar-refractivity contribution in [2.45, 2.75) is 59.0 Å².